The molecule has 11 nitrogen and oxygen atoms in total. The smallest absolute Gasteiger partial charge is 0.326 e. The summed E-state index contributed by atoms with van der Waals surface area (Å²) in [7, 11) is 1.83. The molecule has 2 atom stereocenters. The number of carbonyl (C=O) groups excluding carboxylic acids is 1. The van der Waals surface area contributed by atoms with E-state index >= 15 is 0 Å². The maximum absolute atomic E-state index is 13.5. The number of likely N-dealkylation sites (N-methyl/N-ethyl adjacent to an activating group) is 1. The first-order valence-electron chi connectivity index (χ1n) is 13.9. The highest BCUT2D eigenvalue weighted by atomic mass is 16.4. The van der Waals surface area contributed by atoms with Crippen LogP contribution in [0.5, 0.6) is 0 Å². The van der Waals surface area contributed by atoms with Gasteiger partial charge >= 0.3 is 11.9 Å². The summed E-state index contributed by atoms with van der Waals surface area (Å²) in [4.78, 5) is 42.2. The largest absolute Gasteiger partial charge is 0.481 e. The van der Waals surface area contributed by atoms with Gasteiger partial charge in [-0.05, 0) is 73.3 Å². The van der Waals surface area contributed by atoms with Crippen molar-refractivity contribution in [3.8, 4) is 6.19 Å². The molecule has 43 heavy (non-hydrogen) atoms. The number of guanidine groups is 1. The number of hydrogen-bond donors (Lipinski definition) is 5. The van der Waals surface area contributed by atoms with Crippen molar-refractivity contribution >= 4 is 35.2 Å². The first-order valence-corrected chi connectivity index (χ1v) is 13.9. The highest BCUT2D eigenvalue weighted by Gasteiger charge is 2.33. The molecule has 222 valence electrons. The van der Waals surface area contributed by atoms with Gasteiger partial charge in [-0.1, -0.05) is 48.0 Å². The van der Waals surface area contributed by atoms with E-state index in [1.54, 1.807) is 36.5 Å². The summed E-state index contributed by atoms with van der Waals surface area (Å²) in [5.41, 5.74) is 5.82. The molecule has 1 aliphatic rings. The molecule has 0 saturated heterocycles. The fourth-order valence-corrected chi connectivity index (χ4v) is 5.00. The zero-order valence-electron chi connectivity index (χ0n) is 24.0. The number of nitrogens with one attached hydrogen (secondary N) is 3. The third kappa shape index (κ3) is 8.40. The fraction of sp³-hybridized carbons (Fsp3) is 0.281. The number of benzene rings is 3. The normalized spacial score (nSPS) is 15.5. The molecular formula is C32H34N6O5. The van der Waals surface area contributed by atoms with E-state index in [1.807, 2.05) is 55.3 Å². The number of aliphatic carboxylic acids is 2. The topological polar surface area (TPSA) is 167 Å². The van der Waals surface area contributed by atoms with E-state index in [2.05, 4.69) is 20.9 Å². The van der Waals surface area contributed by atoms with Crippen LogP contribution in [0.25, 0.3) is 0 Å². The zero-order valence-corrected chi connectivity index (χ0v) is 24.0. The summed E-state index contributed by atoms with van der Waals surface area (Å²) >= 11 is 0. The maximum Gasteiger partial charge on any atom is 0.326 e. The first-order chi connectivity index (χ1) is 20.6. The van der Waals surface area contributed by atoms with Gasteiger partial charge in [-0.2, -0.15) is 5.26 Å². The Balaban J connectivity index is 1.46. The van der Waals surface area contributed by atoms with Gasteiger partial charge in [0.2, 0.25) is 18.1 Å². The van der Waals surface area contributed by atoms with E-state index in [0.29, 0.717) is 30.6 Å². The van der Waals surface area contributed by atoms with Gasteiger partial charge in [0, 0.05) is 30.8 Å². The number of nitrogens with zero attached hydrogens (tertiary/aromatic N) is 3. The van der Waals surface area contributed by atoms with Gasteiger partial charge in [-0.25, -0.2) is 4.79 Å². The number of hydrogen-bond acceptors (Lipinski definition) is 6. The molecule has 1 aliphatic heterocycles. The van der Waals surface area contributed by atoms with E-state index in [9.17, 15) is 24.8 Å². The van der Waals surface area contributed by atoms with E-state index in [0.717, 1.165) is 27.9 Å². The summed E-state index contributed by atoms with van der Waals surface area (Å²) in [5.74, 6) is -2.19. The van der Waals surface area contributed by atoms with Crippen LogP contribution < -0.4 is 16.0 Å². The van der Waals surface area contributed by atoms with Crippen molar-refractivity contribution in [3.63, 3.8) is 0 Å². The average molecular weight is 583 g/mol. The quantitative estimate of drug-likeness (QED) is 0.136. The number of fused-ring (bicyclic) bond motifs is 1. The van der Waals surface area contributed by atoms with E-state index in [-0.39, 0.29) is 18.8 Å². The molecule has 2 unspecified atom stereocenters. The molecule has 5 N–H and O–H groups in total. The lowest BCUT2D eigenvalue weighted by molar-refractivity contribution is -0.142. The standard InChI is InChI=1S/C32H34N6O5/c1-20-3-10-24(11-4-20)35-32(34-19-33)36-25-12-13-26-23(18-25)15-16-38(2)29(26)30(41)37-27(31(42)43)17-22-7-5-21(6-8-22)9-14-28(39)40/h3-8,10-13,18,27,29H,9,14-17H2,1-2H3,(H,37,41)(H,39,40)(H,42,43)(H2,34,35,36). The van der Waals surface area contributed by atoms with Crippen molar-refractivity contribution in [2.24, 2.45) is 4.99 Å². The Labute approximate surface area is 249 Å². The van der Waals surface area contributed by atoms with Crippen molar-refractivity contribution < 1.29 is 24.6 Å². The number of rotatable bonds is 10. The Kier molecular flexibility index (Phi) is 10.1. The lowest BCUT2D eigenvalue weighted by Gasteiger charge is -2.34. The summed E-state index contributed by atoms with van der Waals surface area (Å²) in [5, 5.41) is 36.9. The van der Waals surface area contributed by atoms with Gasteiger partial charge in [0.15, 0.2) is 0 Å². The van der Waals surface area contributed by atoms with Crippen LogP contribution in [0, 0.1) is 18.4 Å². The second-order valence-electron chi connectivity index (χ2n) is 10.5. The van der Waals surface area contributed by atoms with Crippen molar-refractivity contribution in [3.05, 3.63) is 94.5 Å². The number of amides is 1. The third-order valence-electron chi connectivity index (χ3n) is 7.30. The SMILES string of the molecule is Cc1ccc(NC(=NC#N)Nc2ccc3c(c2)CCN(C)C3C(=O)NC(Cc2ccc(CCC(=O)O)cc2)C(=O)O)cc1. The predicted octanol–water partition coefficient (Wildman–Crippen LogP) is 3.71. The minimum atomic E-state index is -1.15. The Morgan fingerprint density at radius 3 is 2.30 bits per heavy atom. The van der Waals surface area contributed by atoms with Crippen LogP contribution in [-0.4, -0.2) is 58.6 Å². The summed E-state index contributed by atoms with van der Waals surface area (Å²) in [6, 6.07) is 18.4. The van der Waals surface area contributed by atoms with Gasteiger partial charge in [-0.15, -0.1) is 4.99 Å². The number of aliphatic imine (C=N–C) groups is 1. The molecule has 3 aromatic carbocycles. The molecule has 1 amide bonds. The van der Waals surface area contributed by atoms with Crippen LogP contribution in [0.1, 0.15) is 40.3 Å². The Hall–Kier alpha value is -5.21. The predicted molar refractivity (Wildman–Crippen MR) is 163 cm³/mol. The van der Waals surface area contributed by atoms with Crippen LogP contribution in [0.4, 0.5) is 11.4 Å². The Bertz CT molecular complexity index is 1550. The fourth-order valence-electron chi connectivity index (χ4n) is 5.00. The minimum Gasteiger partial charge on any atom is -0.481 e. The second-order valence-corrected chi connectivity index (χ2v) is 10.5. The van der Waals surface area contributed by atoms with Gasteiger partial charge in [-0.3, -0.25) is 14.5 Å². The molecule has 0 spiro atoms. The van der Waals surface area contributed by atoms with Crippen LogP contribution in [0.3, 0.4) is 0 Å². The van der Waals surface area contributed by atoms with Crippen LogP contribution >= 0.6 is 0 Å². The third-order valence-corrected chi connectivity index (χ3v) is 7.30. The number of aryl methyl sites for hydroxylation is 2. The van der Waals surface area contributed by atoms with Crippen LogP contribution in [-0.2, 0) is 33.6 Å². The lowest BCUT2D eigenvalue weighted by atomic mass is 9.91. The molecule has 11 heteroatoms. The van der Waals surface area contributed by atoms with E-state index in [4.69, 9.17) is 5.11 Å². The molecule has 0 saturated carbocycles. The van der Waals surface area contributed by atoms with Crippen molar-refractivity contribution in [1.82, 2.24) is 10.2 Å². The molecule has 0 radical (unpaired) electrons. The lowest BCUT2D eigenvalue weighted by Crippen LogP contribution is -2.49. The zero-order chi connectivity index (χ0) is 30.9. The number of carboxylic acid groups (broad SMARTS) is 2. The molecule has 1 heterocycles. The van der Waals surface area contributed by atoms with E-state index < -0.39 is 29.9 Å². The molecule has 4 rings (SSSR count). The van der Waals surface area contributed by atoms with Gasteiger partial charge in [0.25, 0.3) is 0 Å². The number of anilines is 2. The molecule has 0 fully saturated rings. The van der Waals surface area contributed by atoms with Crippen LogP contribution in [0.2, 0.25) is 0 Å². The average Bonchev–Trinajstić information content (AvgIpc) is 2.97. The molecule has 0 aliphatic carbocycles. The number of carbonyl (C=O) groups is 3. The summed E-state index contributed by atoms with van der Waals surface area (Å²) < 4.78 is 0. The van der Waals surface area contributed by atoms with E-state index in [1.165, 1.54) is 0 Å². The minimum absolute atomic E-state index is 0.0139. The summed E-state index contributed by atoms with van der Waals surface area (Å²) in [6.07, 6.45) is 2.96. The molecule has 3 aromatic rings. The van der Waals surface area contributed by atoms with Crippen molar-refractivity contribution in [2.75, 3.05) is 24.2 Å². The Morgan fingerprint density at radius 2 is 1.65 bits per heavy atom. The van der Waals surface area contributed by atoms with Gasteiger partial charge in [0.05, 0.1) is 0 Å². The second kappa shape index (κ2) is 14.1. The molecular weight excluding hydrogens is 548 g/mol. The highest BCUT2D eigenvalue weighted by Crippen LogP contribution is 2.31. The molecule has 0 aromatic heterocycles. The number of nitriles is 1. The van der Waals surface area contributed by atoms with Crippen molar-refractivity contribution in [1.29, 1.82) is 5.26 Å². The monoisotopic (exact) mass is 582 g/mol. The van der Waals surface area contributed by atoms with Gasteiger partial charge < -0.3 is 26.2 Å². The maximum atomic E-state index is 13.5. The summed E-state index contributed by atoms with van der Waals surface area (Å²) in [6.45, 7) is 2.57. The van der Waals surface area contributed by atoms with Crippen molar-refractivity contribution in [2.45, 2.75) is 44.7 Å². The van der Waals surface area contributed by atoms with Gasteiger partial charge in [0.1, 0.15) is 12.1 Å². The Morgan fingerprint density at radius 1 is 1.00 bits per heavy atom. The molecule has 0 bridgehead atoms. The highest BCUT2D eigenvalue weighted by molar-refractivity contribution is 6.04. The van der Waals surface area contributed by atoms with Crippen LogP contribution in [0.15, 0.2) is 71.7 Å². The number of carboxylic acids is 2. The first kappa shape index (κ1) is 30.7.